The van der Waals surface area contributed by atoms with Crippen molar-refractivity contribution in [1.82, 2.24) is 10.2 Å². The molecule has 1 heterocycles. The van der Waals surface area contributed by atoms with Crippen LogP contribution in [0.3, 0.4) is 0 Å². The number of carbonyl (C=O) groups excluding carboxylic acids is 1. The van der Waals surface area contributed by atoms with E-state index in [-0.39, 0.29) is 12.1 Å². The van der Waals surface area contributed by atoms with Gasteiger partial charge in [0.1, 0.15) is 5.60 Å². The molecule has 0 bridgehead atoms. The van der Waals surface area contributed by atoms with Crippen molar-refractivity contribution in [3.05, 3.63) is 29.3 Å². The molecule has 1 aromatic carbocycles. The maximum Gasteiger partial charge on any atom is 0.415 e. The summed E-state index contributed by atoms with van der Waals surface area (Å²) >= 11 is 0. The number of aliphatic imine (C=N–C) groups is 1. The number of nitrogens with two attached hydrogens (primary N) is 1. The molecule has 1 aliphatic carbocycles. The predicted molar refractivity (Wildman–Crippen MR) is 127 cm³/mol. The number of nitrogens with one attached hydrogen (secondary N) is 1. The normalized spacial score (nSPS) is 20.0. The third-order valence-corrected chi connectivity index (χ3v) is 5.88. The molecule has 1 unspecified atom stereocenters. The van der Waals surface area contributed by atoms with Gasteiger partial charge in [-0.1, -0.05) is 19.1 Å². The second-order valence-corrected chi connectivity index (χ2v) is 9.71. The van der Waals surface area contributed by atoms with Gasteiger partial charge >= 0.3 is 6.09 Å². The Balaban J connectivity index is 1.60. The van der Waals surface area contributed by atoms with Crippen LogP contribution >= 0.6 is 0 Å². The lowest BCUT2D eigenvalue weighted by Crippen LogP contribution is -2.42. The van der Waals surface area contributed by atoms with Crippen molar-refractivity contribution in [1.29, 1.82) is 0 Å². The summed E-state index contributed by atoms with van der Waals surface area (Å²) in [6.45, 7) is 13.5. The first-order chi connectivity index (χ1) is 14.7. The number of likely N-dealkylation sites (N-methyl/N-ethyl adjacent to an activating group) is 1. The summed E-state index contributed by atoms with van der Waals surface area (Å²) in [6, 6.07) is 6.89. The van der Waals surface area contributed by atoms with E-state index in [1.807, 2.05) is 44.7 Å². The van der Waals surface area contributed by atoms with Crippen molar-refractivity contribution >= 4 is 17.7 Å². The highest BCUT2D eigenvalue weighted by Gasteiger charge is 2.37. The molecule has 1 atom stereocenters. The number of nitrogens with zero attached hydrogens (tertiary/aromatic N) is 3. The van der Waals surface area contributed by atoms with E-state index in [1.165, 1.54) is 19.4 Å². The number of amides is 1. The number of likely N-dealkylation sites (tertiary alicyclic amines) is 1. The third kappa shape index (κ3) is 6.60. The summed E-state index contributed by atoms with van der Waals surface area (Å²) < 4.78 is 5.64. The number of hydrogen-bond acceptors (Lipinski definition) is 4. The summed E-state index contributed by atoms with van der Waals surface area (Å²) in [6.07, 6.45) is 4.23. The molecule has 1 aromatic rings. The minimum absolute atomic E-state index is 0.232. The Morgan fingerprint density at radius 3 is 2.68 bits per heavy atom. The van der Waals surface area contributed by atoms with Crippen molar-refractivity contribution in [3.8, 4) is 0 Å². The topological polar surface area (TPSA) is 83.2 Å². The molecule has 0 spiro atoms. The number of rotatable bonds is 7. The molecular weight excluding hydrogens is 390 g/mol. The Labute approximate surface area is 187 Å². The molecule has 1 aliphatic heterocycles. The average Bonchev–Trinajstić information content (AvgIpc) is 3.41. The molecule has 0 aromatic heterocycles. The van der Waals surface area contributed by atoms with E-state index in [9.17, 15) is 4.79 Å². The lowest BCUT2D eigenvalue weighted by molar-refractivity contribution is 0.0577. The summed E-state index contributed by atoms with van der Waals surface area (Å²) in [5.74, 6) is 0.484. The van der Waals surface area contributed by atoms with Gasteiger partial charge in [-0.2, -0.15) is 0 Å². The van der Waals surface area contributed by atoms with Crippen LogP contribution in [0.2, 0.25) is 0 Å². The largest absolute Gasteiger partial charge is 0.443 e. The lowest BCUT2D eigenvalue weighted by Gasteiger charge is -2.28. The molecule has 7 heteroatoms. The second-order valence-electron chi connectivity index (χ2n) is 9.71. The Hall–Kier alpha value is -2.28. The van der Waals surface area contributed by atoms with Crippen molar-refractivity contribution in [2.75, 3.05) is 24.5 Å². The highest BCUT2D eigenvalue weighted by atomic mass is 16.6. The van der Waals surface area contributed by atoms with E-state index >= 15 is 0 Å². The monoisotopic (exact) mass is 429 g/mol. The highest BCUT2D eigenvalue weighted by molar-refractivity contribution is 5.90. The maximum absolute atomic E-state index is 12.8. The number of ether oxygens (including phenoxy) is 1. The molecule has 1 amide bonds. The van der Waals surface area contributed by atoms with E-state index in [4.69, 9.17) is 10.5 Å². The fourth-order valence-electron chi connectivity index (χ4n) is 4.17. The number of aryl methyl sites for hydroxylation is 1. The van der Waals surface area contributed by atoms with Crippen molar-refractivity contribution in [2.24, 2.45) is 10.7 Å². The number of anilines is 1. The van der Waals surface area contributed by atoms with Gasteiger partial charge < -0.3 is 15.8 Å². The summed E-state index contributed by atoms with van der Waals surface area (Å²) in [5.41, 5.74) is 8.62. The Morgan fingerprint density at radius 2 is 2.06 bits per heavy atom. The average molecular weight is 430 g/mol. The van der Waals surface area contributed by atoms with Gasteiger partial charge in [0, 0.05) is 18.6 Å². The zero-order valence-electron chi connectivity index (χ0n) is 19.8. The van der Waals surface area contributed by atoms with E-state index in [2.05, 4.69) is 28.2 Å². The summed E-state index contributed by atoms with van der Waals surface area (Å²) in [5, 5.41) is 3.28. The molecule has 1 saturated heterocycles. The SMILES string of the molecule is CCN1CCCC1CNC(N)=NCc1ccc(N(C(=O)OC(C)(C)C)C2CC2)c(C)c1. The summed E-state index contributed by atoms with van der Waals surface area (Å²) in [4.78, 5) is 21.6. The molecule has 31 heavy (non-hydrogen) atoms. The van der Waals surface area contributed by atoms with Gasteiger partial charge in [0.2, 0.25) is 0 Å². The predicted octanol–water partition coefficient (Wildman–Crippen LogP) is 3.79. The standard InChI is InChI=1S/C24H39N5O2/c1-6-28-13-7-8-20(28)16-27-22(25)26-15-18-9-12-21(17(2)14-18)29(19-10-11-19)23(30)31-24(3,4)5/h9,12,14,19-20H,6-8,10-11,13,15-16H2,1-5H3,(H3,25,26,27). The van der Waals surface area contributed by atoms with Gasteiger partial charge in [-0.25, -0.2) is 9.79 Å². The van der Waals surface area contributed by atoms with E-state index in [0.29, 0.717) is 18.5 Å². The molecule has 2 fully saturated rings. The minimum Gasteiger partial charge on any atom is -0.443 e. The smallest absolute Gasteiger partial charge is 0.415 e. The highest BCUT2D eigenvalue weighted by Crippen LogP contribution is 2.35. The van der Waals surface area contributed by atoms with Gasteiger partial charge in [-0.3, -0.25) is 9.80 Å². The Kier molecular flexibility index (Phi) is 7.46. The molecule has 172 valence electrons. The zero-order valence-corrected chi connectivity index (χ0v) is 19.8. The van der Waals surface area contributed by atoms with E-state index in [1.54, 1.807) is 0 Å². The van der Waals surface area contributed by atoms with Crippen LogP contribution in [0, 0.1) is 6.92 Å². The van der Waals surface area contributed by atoms with Gasteiger partial charge in [0.05, 0.1) is 12.2 Å². The van der Waals surface area contributed by atoms with Crippen molar-refractivity contribution in [2.45, 2.75) is 84.5 Å². The van der Waals surface area contributed by atoms with Crippen LogP contribution in [0.5, 0.6) is 0 Å². The van der Waals surface area contributed by atoms with E-state index in [0.717, 1.165) is 42.7 Å². The van der Waals surface area contributed by atoms with Gasteiger partial charge in [0.15, 0.2) is 5.96 Å². The van der Waals surface area contributed by atoms with Crippen LogP contribution in [0.4, 0.5) is 10.5 Å². The lowest BCUT2D eigenvalue weighted by atomic mass is 10.1. The van der Waals surface area contributed by atoms with Gasteiger partial charge in [-0.05, 0) is 83.7 Å². The van der Waals surface area contributed by atoms with Crippen LogP contribution in [-0.4, -0.2) is 54.3 Å². The first kappa shape index (κ1) is 23.4. The zero-order chi connectivity index (χ0) is 22.6. The van der Waals surface area contributed by atoms with Crippen LogP contribution in [0.25, 0.3) is 0 Å². The van der Waals surface area contributed by atoms with Crippen molar-refractivity contribution in [3.63, 3.8) is 0 Å². The first-order valence-corrected chi connectivity index (χ1v) is 11.6. The molecule has 7 nitrogen and oxygen atoms in total. The number of carbonyl (C=O) groups is 1. The molecular formula is C24H39N5O2. The van der Waals surface area contributed by atoms with Gasteiger partial charge in [-0.15, -0.1) is 0 Å². The first-order valence-electron chi connectivity index (χ1n) is 11.6. The van der Waals surface area contributed by atoms with E-state index < -0.39 is 5.60 Å². The van der Waals surface area contributed by atoms with Crippen LogP contribution < -0.4 is 16.0 Å². The third-order valence-electron chi connectivity index (χ3n) is 5.88. The van der Waals surface area contributed by atoms with Crippen molar-refractivity contribution < 1.29 is 9.53 Å². The number of hydrogen-bond donors (Lipinski definition) is 2. The quantitative estimate of drug-likeness (QED) is 0.509. The van der Waals surface area contributed by atoms with Crippen LogP contribution in [0.1, 0.15) is 64.5 Å². The van der Waals surface area contributed by atoms with Crippen LogP contribution in [-0.2, 0) is 11.3 Å². The van der Waals surface area contributed by atoms with Crippen LogP contribution in [0.15, 0.2) is 23.2 Å². The Morgan fingerprint density at radius 1 is 1.32 bits per heavy atom. The minimum atomic E-state index is -0.510. The number of benzene rings is 1. The summed E-state index contributed by atoms with van der Waals surface area (Å²) in [7, 11) is 0. The number of guanidine groups is 1. The molecule has 3 N–H and O–H groups in total. The molecule has 3 rings (SSSR count). The molecule has 0 radical (unpaired) electrons. The Bertz CT molecular complexity index is 798. The molecule has 2 aliphatic rings. The fraction of sp³-hybridized carbons (Fsp3) is 0.667. The second kappa shape index (κ2) is 9.90. The molecule has 1 saturated carbocycles. The maximum atomic E-state index is 12.8. The van der Waals surface area contributed by atoms with Gasteiger partial charge in [0.25, 0.3) is 0 Å². The fourth-order valence-corrected chi connectivity index (χ4v) is 4.17.